The monoisotopic (exact) mass is 359 g/mol. The minimum atomic E-state index is -0.122. The van der Waals surface area contributed by atoms with E-state index in [0.717, 1.165) is 22.6 Å². The van der Waals surface area contributed by atoms with E-state index in [-0.39, 0.29) is 5.91 Å². The van der Waals surface area contributed by atoms with Gasteiger partial charge in [-0.25, -0.2) is 0 Å². The molecule has 0 heterocycles. The molecule has 26 heavy (non-hydrogen) atoms. The summed E-state index contributed by atoms with van der Waals surface area (Å²) in [5, 5.41) is 2.95. The Balaban J connectivity index is 1.58. The first-order valence-corrected chi connectivity index (χ1v) is 9.51. The molecule has 0 radical (unpaired) electrons. The highest BCUT2D eigenvalue weighted by molar-refractivity contribution is 7.98. The molecule has 0 aliphatic carbocycles. The van der Waals surface area contributed by atoms with Gasteiger partial charge in [-0.3, -0.25) is 4.79 Å². The van der Waals surface area contributed by atoms with Gasteiger partial charge in [0.1, 0.15) is 0 Å². The number of carbonyl (C=O) groups is 1. The van der Waals surface area contributed by atoms with E-state index in [2.05, 4.69) is 41.7 Å². The number of carbonyl (C=O) groups excluding carboxylic acids is 1. The molecule has 3 rings (SSSR count). The van der Waals surface area contributed by atoms with Gasteiger partial charge in [-0.05, 0) is 47.9 Å². The number of aryl methyl sites for hydroxylation is 1. The largest absolute Gasteiger partial charge is 0.322 e. The molecular formula is C23H21NOS. The minimum absolute atomic E-state index is 0.122. The maximum Gasteiger partial charge on any atom is 0.248 e. The molecule has 1 amide bonds. The molecule has 0 unspecified atom stereocenters. The predicted octanol–water partition coefficient (Wildman–Crippen LogP) is 5.94. The van der Waals surface area contributed by atoms with Gasteiger partial charge in [-0.15, -0.1) is 11.8 Å². The maximum atomic E-state index is 12.1. The summed E-state index contributed by atoms with van der Waals surface area (Å²) < 4.78 is 0. The van der Waals surface area contributed by atoms with Crippen LogP contribution in [0.3, 0.4) is 0 Å². The van der Waals surface area contributed by atoms with Crippen molar-refractivity contribution < 1.29 is 4.79 Å². The average molecular weight is 359 g/mol. The zero-order chi connectivity index (χ0) is 18.2. The van der Waals surface area contributed by atoms with Gasteiger partial charge in [0, 0.05) is 22.4 Å². The number of benzene rings is 3. The zero-order valence-corrected chi connectivity index (χ0v) is 15.5. The Morgan fingerprint density at radius 3 is 2.35 bits per heavy atom. The van der Waals surface area contributed by atoms with Gasteiger partial charge in [0.05, 0.1) is 0 Å². The summed E-state index contributed by atoms with van der Waals surface area (Å²) in [6, 6.07) is 26.3. The highest BCUT2D eigenvalue weighted by atomic mass is 32.2. The average Bonchev–Trinajstić information content (AvgIpc) is 2.68. The number of anilines is 1. The van der Waals surface area contributed by atoms with Gasteiger partial charge in [-0.2, -0.15) is 0 Å². The SMILES string of the molecule is Cc1cc(CSc2ccccc2)ccc1NC(=O)/C=C/c1ccccc1. The van der Waals surface area contributed by atoms with Crippen molar-refractivity contribution in [1.29, 1.82) is 0 Å². The van der Waals surface area contributed by atoms with E-state index in [0.29, 0.717) is 0 Å². The molecule has 2 nitrogen and oxygen atoms in total. The first kappa shape index (κ1) is 18.0. The molecule has 0 fully saturated rings. The normalized spacial score (nSPS) is 10.8. The molecule has 0 aliphatic rings. The van der Waals surface area contributed by atoms with Crippen LogP contribution in [-0.2, 0) is 10.5 Å². The number of nitrogens with one attached hydrogen (secondary N) is 1. The van der Waals surface area contributed by atoms with Crippen molar-refractivity contribution in [2.24, 2.45) is 0 Å². The van der Waals surface area contributed by atoms with Crippen LogP contribution in [0.2, 0.25) is 0 Å². The third kappa shape index (κ3) is 5.36. The summed E-state index contributed by atoms with van der Waals surface area (Å²) in [6.45, 7) is 2.02. The Hall–Kier alpha value is -2.78. The van der Waals surface area contributed by atoms with E-state index in [1.807, 2.05) is 67.2 Å². The Bertz CT molecular complexity index is 889. The van der Waals surface area contributed by atoms with E-state index in [9.17, 15) is 4.79 Å². The van der Waals surface area contributed by atoms with Crippen molar-refractivity contribution in [2.45, 2.75) is 17.6 Å². The van der Waals surface area contributed by atoms with Crippen LogP contribution in [0, 0.1) is 6.92 Å². The van der Waals surface area contributed by atoms with Gasteiger partial charge >= 0.3 is 0 Å². The van der Waals surface area contributed by atoms with Crippen LogP contribution in [0.15, 0.2) is 89.8 Å². The molecule has 0 saturated carbocycles. The van der Waals surface area contributed by atoms with E-state index in [1.54, 1.807) is 6.08 Å². The topological polar surface area (TPSA) is 29.1 Å². The van der Waals surface area contributed by atoms with Crippen LogP contribution in [0.4, 0.5) is 5.69 Å². The first-order valence-electron chi connectivity index (χ1n) is 8.52. The summed E-state index contributed by atoms with van der Waals surface area (Å²) in [5.41, 5.74) is 4.17. The maximum absolute atomic E-state index is 12.1. The molecular weight excluding hydrogens is 338 g/mol. The summed E-state index contributed by atoms with van der Waals surface area (Å²) in [5.74, 6) is 0.788. The molecule has 0 saturated heterocycles. The number of amides is 1. The first-order chi connectivity index (χ1) is 12.7. The number of hydrogen-bond donors (Lipinski definition) is 1. The van der Waals surface area contributed by atoms with Crippen LogP contribution in [0.25, 0.3) is 6.08 Å². The van der Waals surface area contributed by atoms with Crippen molar-refractivity contribution in [3.8, 4) is 0 Å². The lowest BCUT2D eigenvalue weighted by Crippen LogP contribution is -2.09. The van der Waals surface area contributed by atoms with Crippen molar-refractivity contribution in [2.75, 3.05) is 5.32 Å². The van der Waals surface area contributed by atoms with E-state index >= 15 is 0 Å². The van der Waals surface area contributed by atoms with Gasteiger partial charge in [0.15, 0.2) is 0 Å². The molecule has 0 spiro atoms. The lowest BCUT2D eigenvalue weighted by Gasteiger charge is -2.09. The van der Waals surface area contributed by atoms with Gasteiger partial charge in [0.25, 0.3) is 0 Å². The molecule has 3 aromatic rings. The van der Waals surface area contributed by atoms with Gasteiger partial charge in [-0.1, -0.05) is 60.7 Å². The van der Waals surface area contributed by atoms with Crippen molar-refractivity contribution in [3.05, 3.63) is 102 Å². The summed E-state index contributed by atoms with van der Waals surface area (Å²) >= 11 is 1.81. The third-order valence-electron chi connectivity index (χ3n) is 3.92. The fourth-order valence-corrected chi connectivity index (χ4v) is 3.41. The number of thioether (sulfide) groups is 1. The van der Waals surface area contributed by atoms with E-state index < -0.39 is 0 Å². The highest BCUT2D eigenvalue weighted by Crippen LogP contribution is 2.25. The van der Waals surface area contributed by atoms with Crippen molar-refractivity contribution in [1.82, 2.24) is 0 Å². The lowest BCUT2D eigenvalue weighted by atomic mass is 10.1. The van der Waals surface area contributed by atoms with Gasteiger partial charge in [0.2, 0.25) is 5.91 Å². The fourth-order valence-electron chi connectivity index (χ4n) is 2.55. The van der Waals surface area contributed by atoms with Crippen LogP contribution >= 0.6 is 11.8 Å². The second-order valence-electron chi connectivity index (χ2n) is 5.98. The highest BCUT2D eigenvalue weighted by Gasteiger charge is 2.04. The molecule has 0 atom stereocenters. The van der Waals surface area contributed by atoms with Crippen molar-refractivity contribution in [3.63, 3.8) is 0 Å². The Morgan fingerprint density at radius 2 is 1.65 bits per heavy atom. The molecule has 3 heteroatoms. The number of hydrogen-bond acceptors (Lipinski definition) is 2. The van der Waals surface area contributed by atoms with Crippen LogP contribution in [0.5, 0.6) is 0 Å². The zero-order valence-electron chi connectivity index (χ0n) is 14.7. The summed E-state index contributed by atoms with van der Waals surface area (Å²) in [6.07, 6.45) is 3.38. The molecule has 0 aromatic heterocycles. The molecule has 3 aromatic carbocycles. The smallest absolute Gasteiger partial charge is 0.248 e. The van der Waals surface area contributed by atoms with Crippen LogP contribution in [0.1, 0.15) is 16.7 Å². The molecule has 1 N–H and O–H groups in total. The van der Waals surface area contributed by atoms with Gasteiger partial charge < -0.3 is 5.32 Å². The lowest BCUT2D eigenvalue weighted by molar-refractivity contribution is -0.111. The molecule has 0 bridgehead atoms. The van der Waals surface area contributed by atoms with E-state index in [4.69, 9.17) is 0 Å². The standard InChI is InChI=1S/C23H21NOS/c1-18-16-20(17-26-21-10-6-3-7-11-21)12-14-22(18)24-23(25)15-13-19-8-4-2-5-9-19/h2-16H,17H2,1H3,(H,24,25)/b15-13+. The quantitative estimate of drug-likeness (QED) is 0.436. The van der Waals surface area contributed by atoms with Crippen LogP contribution in [-0.4, -0.2) is 5.91 Å². The minimum Gasteiger partial charge on any atom is -0.322 e. The van der Waals surface area contributed by atoms with Crippen molar-refractivity contribution >= 4 is 29.4 Å². The summed E-state index contributed by atoms with van der Waals surface area (Å²) in [4.78, 5) is 13.4. The second kappa shape index (κ2) is 9.07. The second-order valence-corrected chi connectivity index (χ2v) is 7.03. The Kier molecular flexibility index (Phi) is 6.29. The Labute approximate surface area is 159 Å². The fraction of sp³-hybridized carbons (Fsp3) is 0.0870. The van der Waals surface area contributed by atoms with Crippen LogP contribution < -0.4 is 5.32 Å². The number of rotatable bonds is 6. The predicted molar refractivity (Wildman–Crippen MR) is 111 cm³/mol. The Morgan fingerprint density at radius 1 is 0.962 bits per heavy atom. The molecule has 130 valence electrons. The van der Waals surface area contributed by atoms with E-state index in [1.165, 1.54) is 10.5 Å². The summed E-state index contributed by atoms with van der Waals surface area (Å²) in [7, 11) is 0. The molecule has 0 aliphatic heterocycles. The third-order valence-corrected chi connectivity index (χ3v) is 5.01.